The Kier molecular flexibility index (Phi) is 7.85. The lowest BCUT2D eigenvalue weighted by Gasteiger charge is -1.98. The van der Waals surface area contributed by atoms with Crippen LogP contribution < -0.4 is 10.5 Å². The van der Waals surface area contributed by atoms with Gasteiger partial charge in [0.25, 0.3) is 0 Å². The lowest BCUT2D eigenvalue weighted by Crippen LogP contribution is -1.92. The topological polar surface area (TPSA) is 78.8 Å². The third-order valence-electron chi connectivity index (χ3n) is 2.58. The molecular weight excluding hydrogens is 290 g/mol. The average molecular weight is 313 g/mol. The number of nitrogens with zero attached hydrogens (tertiary/aromatic N) is 4. The summed E-state index contributed by atoms with van der Waals surface area (Å²) >= 11 is 0. The number of ether oxygens (including phenoxy) is 1. The summed E-state index contributed by atoms with van der Waals surface area (Å²) < 4.78 is 6.79. The van der Waals surface area contributed by atoms with E-state index in [0.29, 0.717) is 6.01 Å². The zero-order chi connectivity index (χ0) is 17.1. The molecule has 0 saturated heterocycles. The van der Waals surface area contributed by atoms with Crippen molar-refractivity contribution >= 4 is 5.69 Å². The van der Waals surface area contributed by atoms with E-state index in [-0.39, 0.29) is 0 Å². The van der Waals surface area contributed by atoms with Gasteiger partial charge in [-0.2, -0.15) is 4.98 Å². The molecule has 3 rings (SSSR count). The zero-order valence-corrected chi connectivity index (χ0v) is 14.0. The zero-order valence-electron chi connectivity index (χ0n) is 14.0. The van der Waals surface area contributed by atoms with Crippen molar-refractivity contribution in [2.24, 2.45) is 7.05 Å². The molecule has 0 radical (unpaired) electrons. The molecule has 6 nitrogen and oxygen atoms in total. The largest absolute Gasteiger partial charge is 0.467 e. The van der Waals surface area contributed by atoms with E-state index in [2.05, 4.69) is 15.0 Å². The van der Waals surface area contributed by atoms with Crippen LogP contribution in [0.5, 0.6) is 6.01 Å². The molecule has 3 aromatic rings. The molecule has 0 amide bonds. The Morgan fingerprint density at radius 1 is 1.00 bits per heavy atom. The number of hydrogen-bond donors (Lipinski definition) is 1. The van der Waals surface area contributed by atoms with Gasteiger partial charge in [-0.05, 0) is 18.2 Å². The van der Waals surface area contributed by atoms with Gasteiger partial charge in [0, 0.05) is 25.1 Å². The highest BCUT2D eigenvalue weighted by Crippen LogP contribution is 2.14. The highest BCUT2D eigenvalue weighted by Gasteiger charge is 2.04. The Hall–Kier alpha value is -2.89. The third kappa shape index (κ3) is 6.17. The van der Waals surface area contributed by atoms with Crippen molar-refractivity contribution in [1.29, 1.82) is 0 Å². The van der Waals surface area contributed by atoms with Crippen LogP contribution >= 0.6 is 0 Å². The molecule has 2 N–H and O–H groups in total. The second-order valence-electron chi connectivity index (χ2n) is 4.26. The lowest BCUT2D eigenvalue weighted by molar-refractivity contribution is 0.380. The van der Waals surface area contributed by atoms with Gasteiger partial charge in [-0.25, -0.2) is 9.97 Å². The maximum absolute atomic E-state index is 5.36. The van der Waals surface area contributed by atoms with Crippen molar-refractivity contribution in [3.63, 3.8) is 0 Å². The standard InChI is InChI=1S/C9H10N4O.C6H7N.C2H6/c1-13-5-8(11-6-13)7-3-4-10-9(12-7)14-2;7-6-4-2-1-3-5-6;1-2/h3-6H,1-2H3;1-5H,7H2;1-2H3. The molecule has 0 saturated carbocycles. The predicted molar refractivity (Wildman–Crippen MR) is 93.0 cm³/mol. The van der Waals surface area contributed by atoms with Gasteiger partial charge < -0.3 is 15.0 Å². The van der Waals surface area contributed by atoms with Crippen LogP contribution in [0.25, 0.3) is 11.4 Å². The van der Waals surface area contributed by atoms with Crippen LogP contribution in [0, 0.1) is 0 Å². The minimum absolute atomic E-state index is 0.355. The number of hydrogen-bond acceptors (Lipinski definition) is 5. The van der Waals surface area contributed by atoms with Gasteiger partial charge in [-0.15, -0.1) is 0 Å². The molecule has 0 aliphatic rings. The van der Waals surface area contributed by atoms with Gasteiger partial charge in [-0.3, -0.25) is 0 Å². The first kappa shape index (κ1) is 18.2. The van der Waals surface area contributed by atoms with E-state index in [9.17, 15) is 0 Å². The fourth-order valence-electron chi connectivity index (χ4n) is 1.58. The van der Waals surface area contributed by atoms with Gasteiger partial charge in [-0.1, -0.05) is 32.0 Å². The first-order valence-corrected chi connectivity index (χ1v) is 7.35. The van der Waals surface area contributed by atoms with Crippen LogP contribution in [0.1, 0.15) is 13.8 Å². The normalized spacial score (nSPS) is 9.04. The summed E-state index contributed by atoms with van der Waals surface area (Å²) in [5.41, 5.74) is 7.75. The summed E-state index contributed by atoms with van der Waals surface area (Å²) in [6.45, 7) is 4.00. The van der Waals surface area contributed by atoms with Crippen LogP contribution in [0.4, 0.5) is 5.69 Å². The molecule has 6 heteroatoms. The summed E-state index contributed by atoms with van der Waals surface area (Å²) in [5, 5.41) is 0. The summed E-state index contributed by atoms with van der Waals surface area (Å²) in [6.07, 6.45) is 5.27. The van der Waals surface area contributed by atoms with E-state index in [4.69, 9.17) is 10.5 Å². The highest BCUT2D eigenvalue weighted by atomic mass is 16.5. The molecule has 0 fully saturated rings. The Morgan fingerprint density at radius 3 is 2.17 bits per heavy atom. The van der Waals surface area contributed by atoms with Crippen molar-refractivity contribution in [2.45, 2.75) is 13.8 Å². The van der Waals surface area contributed by atoms with Crippen molar-refractivity contribution < 1.29 is 4.74 Å². The number of nitrogens with two attached hydrogens (primary N) is 1. The Labute approximate surface area is 137 Å². The molecule has 23 heavy (non-hydrogen) atoms. The number of rotatable bonds is 2. The Morgan fingerprint density at radius 2 is 1.70 bits per heavy atom. The van der Waals surface area contributed by atoms with Crippen molar-refractivity contribution in [3.05, 3.63) is 55.1 Å². The molecular formula is C17H23N5O. The summed E-state index contributed by atoms with van der Waals surface area (Å²) in [5.74, 6) is 0. The van der Waals surface area contributed by atoms with Crippen LogP contribution in [-0.4, -0.2) is 26.6 Å². The van der Waals surface area contributed by atoms with Gasteiger partial charge in [0.15, 0.2) is 0 Å². The number of benzene rings is 1. The molecule has 0 atom stereocenters. The van der Waals surface area contributed by atoms with Crippen LogP contribution in [-0.2, 0) is 7.05 Å². The SMILES string of the molecule is CC.COc1nccc(-c2cn(C)cn2)n1.Nc1ccccc1. The van der Waals surface area contributed by atoms with Gasteiger partial charge in [0.2, 0.25) is 0 Å². The average Bonchev–Trinajstić information content (AvgIpc) is 3.04. The van der Waals surface area contributed by atoms with Gasteiger partial charge >= 0.3 is 6.01 Å². The molecule has 2 aromatic heterocycles. The molecule has 0 spiro atoms. The first-order valence-electron chi connectivity index (χ1n) is 7.35. The quantitative estimate of drug-likeness (QED) is 0.735. The molecule has 0 bridgehead atoms. The van der Waals surface area contributed by atoms with E-state index in [1.165, 1.54) is 7.11 Å². The lowest BCUT2D eigenvalue weighted by atomic mass is 10.3. The summed E-state index contributed by atoms with van der Waals surface area (Å²) in [7, 11) is 3.45. The molecule has 0 unspecified atom stereocenters. The predicted octanol–water partition coefficient (Wildman–Crippen LogP) is 3.18. The molecule has 0 aliphatic heterocycles. The van der Waals surface area contributed by atoms with E-state index >= 15 is 0 Å². The molecule has 2 heterocycles. The number of nitrogen functional groups attached to an aromatic ring is 1. The Bertz CT molecular complexity index is 682. The van der Waals surface area contributed by atoms with Crippen LogP contribution in [0.2, 0.25) is 0 Å². The molecule has 0 aliphatic carbocycles. The van der Waals surface area contributed by atoms with Crippen molar-refractivity contribution in [1.82, 2.24) is 19.5 Å². The number of aryl methyl sites for hydroxylation is 1. The van der Waals surface area contributed by atoms with Crippen LogP contribution in [0.3, 0.4) is 0 Å². The van der Waals surface area contributed by atoms with Gasteiger partial charge in [0.1, 0.15) is 5.69 Å². The van der Waals surface area contributed by atoms with Crippen molar-refractivity contribution in [2.75, 3.05) is 12.8 Å². The van der Waals surface area contributed by atoms with Gasteiger partial charge in [0.05, 0.1) is 19.1 Å². The van der Waals surface area contributed by atoms with E-state index in [1.54, 1.807) is 18.6 Å². The number of para-hydroxylation sites is 1. The number of anilines is 1. The van der Waals surface area contributed by atoms with E-state index in [0.717, 1.165) is 17.1 Å². The second kappa shape index (κ2) is 9.94. The monoisotopic (exact) mass is 313 g/mol. The maximum Gasteiger partial charge on any atom is 0.316 e. The third-order valence-corrected chi connectivity index (χ3v) is 2.58. The number of aromatic nitrogens is 4. The van der Waals surface area contributed by atoms with E-state index in [1.807, 2.05) is 62.0 Å². The first-order chi connectivity index (χ1) is 11.2. The van der Waals surface area contributed by atoms with E-state index < -0.39 is 0 Å². The van der Waals surface area contributed by atoms with Crippen LogP contribution in [0.15, 0.2) is 55.1 Å². The minimum Gasteiger partial charge on any atom is -0.467 e. The number of methoxy groups -OCH3 is 1. The Balaban J connectivity index is 0.000000247. The smallest absolute Gasteiger partial charge is 0.316 e. The maximum atomic E-state index is 5.36. The van der Waals surface area contributed by atoms with Crippen molar-refractivity contribution in [3.8, 4) is 17.4 Å². The highest BCUT2D eigenvalue weighted by molar-refractivity contribution is 5.52. The summed E-state index contributed by atoms with van der Waals surface area (Å²) in [4.78, 5) is 12.3. The molecule has 1 aromatic carbocycles. The molecule has 122 valence electrons. The fourth-order valence-corrected chi connectivity index (χ4v) is 1.58. The minimum atomic E-state index is 0.355. The second-order valence-corrected chi connectivity index (χ2v) is 4.26. The summed E-state index contributed by atoms with van der Waals surface area (Å²) in [6, 6.07) is 11.6. The number of imidazole rings is 1. The fraction of sp³-hybridized carbons (Fsp3) is 0.235.